The summed E-state index contributed by atoms with van der Waals surface area (Å²) >= 11 is 15.3. The first-order valence-corrected chi connectivity index (χ1v) is 13.5. The summed E-state index contributed by atoms with van der Waals surface area (Å²) in [6.45, 7) is 0.309. The fraction of sp³-hybridized carbons (Fsp3) is 0.200. The number of carbonyl (C=O) groups excluding carboxylic acids is 2. The third-order valence-electron chi connectivity index (χ3n) is 4.98. The molecule has 3 rings (SSSR count). The maximum atomic E-state index is 12.7. The number of carbonyl (C=O) groups is 2. The number of halogens is 4. The molecule has 1 amide bonds. The number of hydrogen-bond acceptors (Lipinski definition) is 5. The van der Waals surface area contributed by atoms with Crippen molar-refractivity contribution >= 4 is 83.9 Å². The van der Waals surface area contributed by atoms with Crippen molar-refractivity contribution in [3.8, 4) is 5.75 Å². The second kappa shape index (κ2) is 13.5. The quantitative estimate of drug-likeness (QED) is 0.139. The number of hydrogen-bond donors (Lipinski definition) is 2. The number of benzene rings is 3. The van der Waals surface area contributed by atoms with E-state index in [0.29, 0.717) is 32.7 Å². The van der Waals surface area contributed by atoms with E-state index >= 15 is 0 Å². The number of methoxy groups -OCH3 is 1. The van der Waals surface area contributed by atoms with Crippen molar-refractivity contribution in [2.45, 2.75) is 25.5 Å². The van der Waals surface area contributed by atoms with Crippen LogP contribution < -0.4 is 13.6 Å². The molecule has 0 aliphatic carbocycles. The highest BCUT2D eigenvalue weighted by Gasteiger charge is 2.22. The molecule has 0 saturated heterocycles. The third kappa shape index (κ3) is 8.37. The van der Waals surface area contributed by atoms with Crippen LogP contribution in [0.5, 0.6) is 5.75 Å². The average molecular weight is 737 g/mol. The van der Waals surface area contributed by atoms with E-state index in [0.717, 1.165) is 22.4 Å². The number of amides is 1. The van der Waals surface area contributed by atoms with Gasteiger partial charge in [-0.2, -0.15) is 0 Å². The summed E-state index contributed by atoms with van der Waals surface area (Å²) in [5, 5.41) is 3.40. The van der Waals surface area contributed by atoms with Crippen LogP contribution in [-0.2, 0) is 33.8 Å². The van der Waals surface area contributed by atoms with Gasteiger partial charge in [-0.05, 0) is 78.9 Å². The minimum atomic E-state index is -0.774. The molecule has 6 nitrogen and oxygen atoms in total. The molecule has 0 bridgehead atoms. The molecule has 1 atom stereocenters. The summed E-state index contributed by atoms with van der Waals surface area (Å²) < 4.78 is 15.3. The summed E-state index contributed by atoms with van der Waals surface area (Å²) in [6.07, 6.45) is 0.427. The molecule has 0 saturated carbocycles. The molecule has 184 valence electrons. The first kappa shape index (κ1) is 27.8. The fourth-order valence-electron chi connectivity index (χ4n) is 3.41. The summed E-state index contributed by atoms with van der Waals surface area (Å²) in [4.78, 5) is 25.0. The lowest BCUT2D eigenvalue weighted by Crippen LogP contribution is -2.43. The van der Waals surface area contributed by atoms with E-state index in [1.165, 1.54) is 7.11 Å². The Hall–Kier alpha value is -1.82. The van der Waals surface area contributed by atoms with Crippen LogP contribution in [0.4, 0.5) is 5.69 Å². The van der Waals surface area contributed by atoms with Gasteiger partial charge in [-0.1, -0.05) is 41.9 Å². The topological polar surface area (TPSA) is 76.7 Å². The molecular formula is C25H22Br2ClIN2O4. The van der Waals surface area contributed by atoms with Gasteiger partial charge in [-0.3, -0.25) is 4.79 Å². The van der Waals surface area contributed by atoms with E-state index in [1.54, 1.807) is 0 Å². The Morgan fingerprint density at radius 1 is 1.00 bits per heavy atom. The normalized spacial score (nSPS) is 11.5. The van der Waals surface area contributed by atoms with Crippen molar-refractivity contribution in [2.75, 3.05) is 10.6 Å². The summed E-state index contributed by atoms with van der Waals surface area (Å²) in [7, 11) is 1.31. The number of anilines is 1. The van der Waals surface area contributed by atoms with Crippen LogP contribution in [0.1, 0.15) is 16.7 Å². The summed E-state index contributed by atoms with van der Waals surface area (Å²) in [6, 6.07) is 17.9. The van der Waals surface area contributed by atoms with E-state index in [1.807, 2.05) is 83.5 Å². The molecule has 0 aromatic heterocycles. The van der Waals surface area contributed by atoms with Crippen LogP contribution in [0.2, 0.25) is 5.02 Å². The molecule has 0 radical (unpaired) electrons. The van der Waals surface area contributed by atoms with Crippen LogP contribution in [-0.4, -0.2) is 25.0 Å². The lowest BCUT2D eigenvalue weighted by atomic mass is 10.1. The molecule has 0 fully saturated rings. The van der Waals surface area contributed by atoms with Crippen molar-refractivity contribution in [3.63, 3.8) is 0 Å². The van der Waals surface area contributed by atoms with Crippen LogP contribution in [0, 0.1) is 0 Å². The predicted molar refractivity (Wildman–Crippen MR) is 153 cm³/mol. The van der Waals surface area contributed by atoms with Crippen LogP contribution in [0.25, 0.3) is 0 Å². The first-order chi connectivity index (χ1) is 16.8. The minimum Gasteiger partial charge on any atom is -0.487 e. The minimum absolute atomic E-state index is 0.0821. The van der Waals surface area contributed by atoms with E-state index < -0.39 is 12.0 Å². The molecular weight excluding hydrogens is 714 g/mol. The van der Waals surface area contributed by atoms with Crippen LogP contribution >= 0.6 is 66.3 Å². The summed E-state index contributed by atoms with van der Waals surface area (Å²) in [5.41, 5.74) is 3.47. The van der Waals surface area contributed by atoms with Crippen molar-refractivity contribution in [1.29, 1.82) is 0 Å². The van der Waals surface area contributed by atoms with Crippen molar-refractivity contribution < 1.29 is 19.1 Å². The standard InChI is InChI=1S/C25H22Br2ClIN2O4/c1-34-25(33)22(11-15-5-3-2-4-6-15)30-23(32)12-16-9-20(26)24(21(27)10-16)35-14-17-7-18(28)13-19(8-17)31-29/h2-10,13,22,31H,11-12,14H2,1H3,(H,30,32). The maximum absolute atomic E-state index is 12.7. The Kier molecular flexibility index (Phi) is 10.7. The zero-order valence-electron chi connectivity index (χ0n) is 18.6. The van der Waals surface area contributed by atoms with Crippen molar-refractivity contribution in [1.82, 2.24) is 5.32 Å². The first-order valence-electron chi connectivity index (χ1n) is 10.5. The second-order valence-corrected chi connectivity index (χ2v) is 10.3. The highest BCUT2D eigenvalue weighted by molar-refractivity contribution is 14.1. The fourth-order valence-corrected chi connectivity index (χ4v) is 5.49. The van der Waals surface area contributed by atoms with Crippen molar-refractivity contribution in [3.05, 3.63) is 91.3 Å². The van der Waals surface area contributed by atoms with Gasteiger partial charge in [0.1, 0.15) is 18.4 Å². The Morgan fingerprint density at radius 2 is 1.69 bits per heavy atom. The molecule has 0 spiro atoms. The smallest absolute Gasteiger partial charge is 0.328 e. The zero-order valence-corrected chi connectivity index (χ0v) is 24.7. The number of rotatable bonds is 10. The van der Waals surface area contributed by atoms with Gasteiger partial charge in [-0.25, -0.2) is 4.79 Å². The third-order valence-corrected chi connectivity index (χ3v) is 7.00. The Balaban J connectivity index is 1.66. The molecule has 0 aliphatic heterocycles. The van der Waals surface area contributed by atoms with Crippen LogP contribution in [0.3, 0.4) is 0 Å². The van der Waals surface area contributed by atoms with Gasteiger partial charge >= 0.3 is 5.97 Å². The highest BCUT2D eigenvalue weighted by atomic mass is 127. The molecule has 3 aromatic carbocycles. The summed E-state index contributed by atoms with van der Waals surface area (Å²) in [5.74, 6) is -0.175. The van der Waals surface area contributed by atoms with Crippen LogP contribution in [0.15, 0.2) is 69.6 Å². The average Bonchev–Trinajstić information content (AvgIpc) is 2.82. The van der Waals surface area contributed by atoms with Gasteiger partial charge in [0.05, 0.1) is 45.3 Å². The van der Waals surface area contributed by atoms with E-state index in [9.17, 15) is 9.59 Å². The monoisotopic (exact) mass is 734 g/mol. The van der Waals surface area contributed by atoms with Gasteiger partial charge in [0.15, 0.2) is 0 Å². The Bertz CT molecular complexity index is 1170. The van der Waals surface area contributed by atoms with E-state index in [-0.39, 0.29) is 12.3 Å². The Labute approximate surface area is 239 Å². The molecule has 0 aliphatic rings. The predicted octanol–water partition coefficient (Wildman–Crippen LogP) is 6.65. The van der Waals surface area contributed by atoms with Gasteiger partial charge in [-0.15, -0.1) is 0 Å². The van der Waals surface area contributed by atoms with E-state index in [2.05, 4.69) is 40.7 Å². The van der Waals surface area contributed by atoms with E-state index in [4.69, 9.17) is 21.1 Å². The molecule has 2 N–H and O–H groups in total. The second-order valence-electron chi connectivity index (χ2n) is 7.63. The van der Waals surface area contributed by atoms with Crippen molar-refractivity contribution in [2.24, 2.45) is 0 Å². The zero-order chi connectivity index (χ0) is 25.4. The molecule has 3 aromatic rings. The maximum Gasteiger partial charge on any atom is 0.328 e. The van der Waals surface area contributed by atoms with Gasteiger partial charge in [0, 0.05) is 17.1 Å². The largest absolute Gasteiger partial charge is 0.487 e. The highest BCUT2D eigenvalue weighted by Crippen LogP contribution is 2.36. The van der Waals surface area contributed by atoms with Gasteiger partial charge < -0.3 is 18.3 Å². The molecule has 35 heavy (non-hydrogen) atoms. The lowest BCUT2D eigenvalue weighted by Gasteiger charge is -2.17. The number of esters is 1. The molecule has 0 heterocycles. The lowest BCUT2D eigenvalue weighted by molar-refractivity contribution is -0.145. The molecule has 10 heteroatoms. The number of ether oxygens (including phenoxy) is 2. The Morgan fingerprint density at radius 3 is 2.31 bits per heavy atom. The number of nitrogens with one attached hydrogen (secondary N) is 2. The van der Waals surface area contributed by atoms with Gasteiger partial charge in [0.2, 0.25) is 5.91 Å². The molecule has 1 unspecified atom stereocenters. The SMILES string of the molecule is COC(=O)C(Cc1ccccc1)NC(=O)Cc1cc(Br)c(OCc2cc(Cl)cc(NI)c2)c(Br)c1. The van der Waals surface area contributed by atoms with Gasteiger partial charge in [0.25, 0.3) is 0 Å².